The number of benzene rings is 2. The van der Waals surface area contributed by atoms with E-state index in [2.05, 4.69) is 48.6 Å². The summed E-state index contributed by atoms with van der Waals surface area (Å²) in [6.45, 7) is 0. The quantitative estimate of drug-likeness (QED) is 0.677. The lowest BCUT2D eigenvalue weighted by molar-refractivity contribution is -2.00. The molecule has 0 bridgehead atoms. The Hall–Kier alpha value is -3.52. The van der Waals surface area contributed by atoms with Gasteiger partial charge in [-0.15, -0.1) is 10.2 Å². The molecule has 7 heteroatoms. The number of rotatable bonds is 3. The summed E-state index contributed by atoms with van der Waals surface area (Å²) in [6, 6.07) is 20.3. The molecule has 0 fully saturated rings. The minimum Gasteiger partial charge on any atom is -0.456 e. The van der Waals surface area contributed by atoms with E-state index in [0.29, 0.717) is 0 Å². The fourth-order valence-corrected chi connectivity index (χ4v) is 2.91. The summed E-state index contributed by atoms with van der Waals surface area (Å²) < 4.78 is 40.2. The number of hydrogen-bond acceptors (Lipinski definition) is 5. The number of nitrogens with two attached hydrogens (primary N) is 1. The maximum atomic E-state index is 8.49. The molecule has 0 amide bonds. The number of hydrogen-bond donors (Lipinski definition) is 1. The SMILES string of the molecule is [NH2+]=C1C=CC(=CC=C2C=C(c3ccccc3)OC(c3ccccc3)=C2)C=C1.[O-][Cl+3]([O-])([O-])[O-]. The third-order valence-electron chi connectivity index (χ3n) is 4.34. The van der Waals surface area contributed by atoms with Gasteiger partial charge < -0.3 is 4.74 Å². The van der Waals surface area contributed by atoms with Crippen LogP contribution < -0.4 is 24.0 Å². The van der Waals surface area contributed by atoms with Crippen LogP contribution in [0.4, 0.5) is 0 Å². The monoisotopic (exact) mass is 449 g/mol. The Bertz CT molecular complexity index is 1060. The van der Waals surface area contributed by atoms with Crippen LogP contribution in [-0.2, 0) is 4.74 Å². The summed E-state index contributed by atoms with van der Waals surface area (Å²) in [5, 5.41) is 5.77. The summed E-state index contributed by atoms with van der Waals surface area (Å²) in [4.78, 5) is 0. The summed E-state index contributed by atoms with van der Waals surface area (Å²) in [5.41, 5.74) is 5.06. The smallest absolute Gasteiger partial charge is 0.196 e. The fourth-order valence-electron chi connectivity index (χ4n) is 2.91. The van der Waals surface area contributed by atoms with Crippen molar-refractivity contribution < 1.29 is 39.0 Å². The van der Waals surface area contributed by atoms with Crippen LogP contribution in [0.3, 0.4) is 0 Å². The molecule has 0 atom stereocenters. The van der Waals surface area contributed by atoms with Crippen molar-refractivity contribution >= 4 is 17.2 Å². The van der Waals surface area contributed by atoms with Crippen molar-refractivity contribution in [2.45, 2.75) is 0 Å². The highest BCUT2D eigenvalue weighted by Crippen LogP contribution is 2.32. The number of ether oxygens (including phenoxy) is 1. The van der Waals surface area contributed by atoms with Gasteiger partial charge in [0.25, 0.3) is 0 Å². The van der Waals surface area contributed by atoms with Crippen LogP contribution in [0.25, 0.3) is 11.5 Å². The van der Waals surface area contributed by atoms with E-state index in [1.807, 2.05) is 60.7 Å². The van der Waals surface area contributed by atoms with Crippen molar-refractivity contribution in [2.75, 3.05) is 0 Å². The maximum Gasteiger partial charge on any atom is 0.196 e. The molecule has 6 nitrogen and oxygen atoms in total. The zero-order valence-electron chi connectivity index (χ0n) is 16.9. The molecule has 2 N–H and O–H groups in total. The molecule has 2 aliphatic rings. The molecule has 2 aromatic carbocycles. The lowest BCUT2D eigenvalue weighted by Crippen LogP contribution is -2.68. The Balaban J connectivity index is 0.000000523. The van der Waals surface area contributed by atoms with E-state index >= 15 is 0 Å². The van der Waals surface area contributed by atoms with Crippen LogP contribution in [0.15, 0.2) is 120 Å². The average molecular weight is 450 g/mol. The molecule has 0 saturated heterocycles. The van der Waals surface area contributed by atoms with Gasteiger partial charge >= 0.3 is 0 Å². The minimum absolute atomic E-state index is 0.767. The first-order chi connectivity index (χ1) is 15.3. The van der Waals surface area contributed by atoms with Gasteiger partial charge in [0, 0.05) is 23.3 Å². The number of halogens is 1. The van der Waals surface area contributed by atoms with E-state index in [0.717, 1.165) is 39.5 Å². The van der Waals surface area contributed by atoms with Crippen molar-refractivity contribution in [1.82, 2.24) is 0 Å². The van der Waals surface area contributed by atoms with E-state index < -0.39 is 10.2 Å². The van der Waals surface area contributed by atoms with Gasteiger partial charge in [-0.1, -0.05) is 72.8 Å². The molecule has 1 aliphatic carbocycles. The standard InChI is InChI=1S/C25H19NO.ClHO4/c26-23-15-13-19(14-16-23)11-12-20-17-24(21-7-3-1-4-8-21)27-25(18-20)22-9-5-2-6-10-22;2-1(3,4)5/h1-18,26H;(H,2,3,4,5). The van der Waals surface area contributed by atoms with Gasteiger partial charge in [-0.25, -0.2) is 18.6 Å². The molecule has 2 aromatic rings. The van der Waals surface area contributed by atoms with Crippen LogP contribution in [0, 0.1) is 10.2 Å². The predicted octanol–water partition coefficient (Wildman–Crippen LogP) is -0.478. The van der Waals surface area contributed by atoms with Gasteiger partial charge in [-0.05, 0) is 35.5 Å². The molecule has 162 valence electrons. The Labute approximate surface area is 188 Å². The molecule has 0 unspecified atom stereocenters. The largest absolute Gasteiger partial charge is 0.456 e. The molecule has 0 radical (unpaired) electrons. The third kappa shape index (κ3) is 7.63. The Kier molecular flexibility index (Phi) is 7.72. The highest BCUT2D eigenvalue weighted by molar-refractivity contribution is 6.01. The molecule has 1 aliphatic heterocycles. The second-order valence-electron chi connectivity index (χ2n) is 6.73. The van der Waals surface area contributed by atoms with Crippen molar-refractivity contribution in [2.24, 2.45) is 0 Å². The molecule has 0 spiro atoms. The van der Waals surface area contributed by atoms with Gasteiger partial charge in [-0.2, -0.15) is 0 Å². The van der Waals surface area contributed by atoms with Crippen molar-refractivity contribution in [1.29, 1.82) is 0 Å². The Morgan fingerprint density at radius 2 is 1.03 bits per heavy atom. The van der Waals surface area contributed by atoms with Crippen LogP contribution >= 0.6 is 0 Å². The van der Waals surface area contributed by atoms with Crippen LogP contribution in [0.1, 0.15) is 11.1 Å². The maximum absolute atomic E-state index is 8.49. The molecule has 0 saturated carbocycles. The zero-order chi connectivity index (χ0) is 23.0. The van der Waals surface area contributed by atoms with E-state index in [1.54, 1.807) is 0 Å². The Morgan fingerprint density at radius 1 is 0.625 bits per heavy atom. The molecule has 1 heterocycles. The zero-order valence-corrected chi connectivity index (χ0v) is 17.6. The van der Waals surface area contributed by atoms with Gasteiger partial charge in [-0.3, -0.25) is 5.41 Å². The van der Waals surface area contributed by atoms with Gasteiger partial charge in [0.1, 0.15) is 11.5 Å². The molecular formula is C25H20ClNO5. The van der Waals surface area contributed by atoms with Gasteiger partial charge in [0.15, 0.2) is 5.71 Å². The Morgan fingerprint density at radius 3 is 1.47 bits per heavy atom. The van der Waals surface area contributed by atoms with Crippen molar-refractivity contribution in [3.05, 3.63) is 132 Å². The normalized spacial score (nSPS) is 15.2. The molecular weight excluding hydrogens is 430 g/mol. The summed E-state index contributed by atoms with van der Waals surface area (Å²) in [6.07, 6.45) is 16.1. The number of allylic oxidation sites excluding steroid dienone is 10. The first kappa shape index (κ1) is 23.1. The summed E-state index contributed by atoms with van der Waals surface area (Å²) >= 11 is 0. The summed E-state index contributed by atoms with van der Waals surface area (Å²) in [7, 11) is -4.94. The molecule has 4 rings (SSSR count). The van der Waals surface area contributed by atoms with Crippen LogP contribution in [-0.4, -0.2) is 5.71 Å². The van der Waals surface area contributed by atoms with E-state index in [-0.39, 0.29) is 0 Å². The second kappa shape index (κ2) is 10.7. The predicted molar refractivity (Wildman–Crippen MR) is 111 cm³/mol. The van der Waals surface area contributed by atoms with E-state index in [9.17, 15) is 0 Å². The van der Waals surface area contributed by atoms with E-state index in [1.165, 1.54) is 0 Å². The summed E-state index contributed by atoms with van der Waals surface area (Å²) in [5.74, 6) is 1.68. The highest BCUT2D eigenvalue weighted by atomic mass is 35.7. The van der Waals surface area contributed by atoms with E-state index in [4.69, 9.17) is 28.8 Å². The van der Waals surface area contributed by atoms with Crippen molar-refractivity contribution in [3.8, 4) is 0 Å². The first-order valence-corrected chi connectivity index (χ1v) is 10.8. The lowest BCUT2D eigenvalue weighted by atomic mass is 10.0. The van der Waals surface area contributed by atoms with Crippen LogP contribution in [0.5, 0.6) is 0 Å². The first-order valence-electron chi connectivity index (χ1n) is 9.52. The lowest BCUT2D eigenvalue weighted by Gasteiger charge is -2.19. The third-order valence-corrected chi connectivity index (χ3v) is 4.34. The molecule has 0 aromatic heterocycles. The van der Waals surface area contributed by atoms with Crippen LogP contribution in [0.2, 0.25) is 0 Å². The van der Waals surface area contributed by atoms with Crippen molar-refractivity contribution in [3.63, 3.8) is 0 Å². The molecule has 32 heavy (non-hydrogen) atoms. The minimum atomic E-state index is -4.94. The van der Waals surface area contributed by atoms with Gasteiger partial charge in [0.05, 0.1) is 0 Å². The van der Waals surface area contributed by atoms with Gasteiger partial charge in [0.2, 0.25) is 0 Å². The second-order valence-corrected chi connectivity index (χ2v) is 7.49. The average Bonchev–Trinajstić information content (AvgIpc) is 2.79. The highest BCUT2D eigenvalue weighted by Gasteiger charge is 2.14. The topological polar surface area (TPSA) is 127 Å². The fraction of sp³-hybridized carbons (Fsp3) is 0.